The van der Waals surface area contributed by atoms with Crippen molar-refractivity contribution in [3.8, 4) is 11.8 Å². The van der Waals surface area contributed by atoms with Gasteiger partial charge in [0.05, 0.1) is 11.0 Å². The van der Waals surface area contributed by atoms with Crippen molar-refractivity contribution >= 4 is 5.97 Å². The second-order valence-electron chi connectivity index (χ2n) is 9.59. The Morgan fingerprint density at radius 3 is 2.24 bits per heavy atom. The molecule has 0 bridgehead atoms. The summed E-state index contributed by atoms with van der Waals surface area (Å²) in [4.78, 5) is 13.6. The first kappa shape index (κ1) is 25.0. The second-order valence-corrected chi connectivity index (χ2v) is 9.59. The number of unbranched alkanes of at least 4 members (excludes halogenated alkanes) is 4. The van der Waals surface area contributed by atoms with Crippen LogP contribution in [0.2, 0.25) is 0 Å². The number of aryl methyl sites for hydroxylation is 2. The highest BCUT2D eigenvalue weighted by Crippen LogP contribution is 2.41. The van der Waals surface area contributed by atoms with Crippen LogP contribution in [0.5, 0.6) is 5.75 Å². The molecule has 2 aromatic carbocycles. The molecule has 0 radical (unpaired) electrons. The van der Waals surface area contributed by atoms with Crippen LogP contribution in [0, 0.1) is 11.3 Å². The maximum absolute atomic E-state index is 13.6. The number of carbonyl (C=O) groups is 1. The number of ether oxygens (including phenoxy) is 1. The number of hydrogen-bond donors (Lipinski definition) is 0. The first-order valence-corrected chi connectivity index (χ1v) is 13.0. The molecule has 1 saturated carbocycles. The average molecular weight is 446 g/mol. The Hall–Kier alpha value is -2.60. The van der Waals surface area contributed by atoms with Gasteiger partial charge in [-0.1, -0.05) is 95.5 Å². The van der Waals surface area contributed by atoms with Gasteiger partial charge < -0.3 is 4.74 Å². The van der Waals surface area contributed by atoms with E-state index in [-0.39, 0.29) is 5.97 Å². The molecule has 1 fully saturated rings. The van der Waals surface area contributed by atoms with Gasteiger partial charge in [-0.25, -0.2) is 0 Å². The number of hydrogen-bond acceptors (Lipinski definition) is 3. The Balaban J connectivity index is 1.76. The third kappa shape index (κ3) is 6.47. The third-order valence-corrected chi connectivity index (χ3v) is 7.08. The molecule has 3 heteroatoms. The van der Waals surface area contributed by atoms with Crippen LogP contribution in [-0.4, -0.2) is 5.97 Å². The Labute approximate surface area is 200 Å². The molecule has 0 saturated heterocycles. The monoisotopic (exact) mass is 445 g/mol. The predicted molar refractivity (Wildman–Crippen MR) is 134 cm³/mol. The normalized spacial score (nSPS) is 15.1. The number of benzene rings is 2. The van der Waals surface area contributed by atoms with Crippen molar-refractivity contribution in [2.24, 2.45) is 0 Å². The van der Waals surface area contributed by atoms with Gasteiger partial charge in [0.1, 0.15) is 11.8 Å². The molecule has 0 aromatic heterocycles. The van der Waals surface area contributed by atoms with Gasteiger partial charge in [-0.3, -0.25) is 4.79 Å². The molecular weight excluding hydrogens is 406 g/mol. The molecule has 0 unspecified atom stereocenters. The fourth-order valence-electron chi connectivity index (χ4n) is 5.08. The Bertz CT molecular complexity index is 933. The SMILES string of the molecule is CCCCCCCc1ccc(C2(C(=O)Oc3ccc(CCC)cc3C#N)CCCCC2)cc1. The van der Waals surface area contributed by atoms with Crippen molar-refractivity contribution < 1.29 is 9.53 Å². The third-order valence-electron chi connectivity index (χ3n) is 7.08. The van der Waals surface area contributed by atoms with E-state index in [0.29, 0.717) is 11.3 Å². The Morgan fingerprint density at radius 2 is 1.58 bits per heavy atom. The highest BCUT2D eigenvalue weighted by atomic mass is 16.5. The van der Waals surface area contributed by atoms with Crippen LogP contribution in [-0.2, 0) is 23.1 Å². The summed E-state index contributed by atoms with van der Waals surface area (Å²) in [6.07, 6.45) is 14.2. The molecule has 0 amide bonds. The first-order chi connectivity index (χ1) is 16.1. The summed E-state index contributed by atoms with van der Waals surface area (Å²) in [5.74, 6) is 0.172. The molecule has 3 nitrogen and oxygen atoms in total. The van der Waals surface area contributed by atoms with Crippen LogP contribution < -0.4 is 4.74 Å². The molecule has 0 spiro atoms. The lowest BCUT2D eigenvalue weighted by Crippen LogP contribution is -2.41. The van der Waals surface area contributed by atoms with E-state index in [2.05, 4.69) is 44.2 Å². The summed E-state index contributed by atoms with van der Waals surface area (Å²) in [5, 5.41) is 9.62. The molecule has 0 atom stereocenters. The summed E-state index contributed by atoms with van der Waals surface area (Å²) in [6, 6.07) is 16.5. The van der Waals surface area contributed by atoms with E-state index < -0.39 is 5.41 Å². The first-order valence-electron chi connectivity index (χ1n) is 13.0. The zero-order valence-corrected chi connectivity index (χ0v) is 20.5. The molecule has 2 aromatic rings. The quantitative estimate of drug-likeness (QED) is 0.201. The lowest BCUT2D eigenvalue weighted by Gasteiger charge is -2.35. The maximum atomic E-state index is 13.6. The molecule has 0 N–H and O–H groups in total. The predicted octanol–water partition coefficient (Wildman–Crippen LogP) is 7.83. The van der Waals surface area contributed by atoms with Crippen molar-refractivity contribution in [3.05, 3.63) is 64.7 Å². The minimum atomic E-state index is -0.618. The fraction of sp³-hybridized carbons (Fsp3) is 0.533. The molecule has 1 aliphatic carbocycles. The molecule has 0 aliphatic heterocycles. The van der Waals surface area contributed by atoms with E-state index in [1.165, 1.54) is 37.7 Å². The van der Waals surface area contributed by atoms with Crippen LogP contribution in [0.3, 0.4) is 0 Å². The van der Waals surface area contributed by atoms with Gasteiger partial charge in [0, 0.05) is 0 Å². The highest BCUT2D eigenvalue weighted by molar-refractivity contribution is 5.85. The topological polar surface area (TPSA) is 50.1 Å². The average Bonchev–Trinajstić information content (AvgIpc) is 2.85. The Morgan fingerprint density at radius 1 is 0.879 bits per heavy atom. The minimum absolute atomic E-state index is 0.214. The highest BCUT2D eigenvalue weighted by Gasteiger charge is 2.43. The molecule has 0 heterocycles. The Kier molecular flexibility index (Phi) is 9.55. The van der Waals surface area contributed by atoms with Crippen molar-refractivity contribution in [1.82, 2.24) is 0 Å². The zero-order chi connectivity index (χ0) is 23.5. The van der Waals surface area contributed by atoms with Crippen LogP contribution in [0.1, 0.15) is 107 Å². The number of esters is 1. The van der Waals surface area contributed by atoms with Gasteiger partial charge in [0.2, 0.25) is 0 Å². The fourth-order valence-corrected chi connectivity index (χ4v) is 5.08. The van der Waals surface area contributed by atoms with Crippen LogP contribution >= 0.6 is 0 Å². The van der Waals surface area contributed by atoms with E-state index in [1.54, 1.807) is 6.07 Å². The van der Waals surface area contributed by atoms with Gasteiger partial charge in [0.25, 0.3) is 0 Å². The second kappa shape index (κ2) is 12.6. The zero-order valence-electron chi connectivity index (χ0n) is 20.5. The number of nitriles is 1. The van der Waals surface area contributed by atoms with Crippen molar-refractivity contribution in [2.45, 2.75) is 103 Å². The van der Waals surface area contributed by atoms with Crippen molar-refractivity contribution in [1.29, 1.82) is 5.26 Å². The number of carbonyl (C=O) groups excluding carboxylic acids is 1. The van der Waals surface area contributed by atoms with E-state index in [0.717, 1.165) is 62.5 Å². The standard InChI is InChI=1S/C30H39NO2/c1-3-5-6-7-9-13-24-14-17-27(18-15-24)30(20-10-8-11-21-30)29(32)33-28-19-16-25(12-4-2)22-26(28)23-31/h14-19,22H,3-13,20-21H2,1-2H3. The van der Waals surface area contributed by atoms with Crippen molar-refractivity contribution in [2.75, 3.05) is 0 Å². The summed E-state index contributed by atoms with van der Waals surface area (Å²) < 4.78 is 5.94. The molecule has 1 aliphatic rings. The lowest BCUT2D eigenvalue weighted by atomic mass is 9.69. The van der Waals surface area contributed by atoms with Gasteiger partial charge in [0.15, 0.2) is 0 Å². The molecule has 3 rings (SSSR count). The van der Waals surface area contributed by atoms with Gasteiger partial charge in [-0.2, -0.15) is 5.26 Å². The number of rotatable bonds is 11. The van der Waals surface area contributed by atoms with E-state index in [4.69, 9.17) is 4.74 Å². The van der Waals surface area contributed by atoms with Gasteiger partial charge in [-0.15, -0.1) is 0 Å². The lowest BCUT2D eigenvalue weighted by molar-refractivity contribution is -0.142. The largest absolute Gasteiger partial charge is 0.424 e. The van der Waals surface area contributed by atoms with Crippen LogP contribution in [0.4, 0.5) is 0 Å². The van der Waals surface area contributed by atoms with Crippen LogP contribution in [0.15, 0.2) is 42.5 Å². The molecule has 176 valence electrons. The van der Waals surface area contributed by atoms with Gasteiger partial charge in [-0.05, 0) is 60.9 Å². The molecular formula is C30H39NO2. The van der Waals surface area contributed by atoms with Crippen LogP contribution in [0.25, 0.3) is 0 Å². The maximum Gasteiger partial charge on any atom is 0.321 e. The number of nitrogens with zero attached hydrogens (tertiary/aromatic N) is 1. The van der Waals surface area contributed by atoms with E-state index in [1.807, 2.05) is 12.1 Å². The summed E-state index contributed by atoms with van der Waals surface area (Å²) in [5.41, 5.74) is 3.33. The van der Waals surface area contributed by atoms with E-state index >= 15 is 0 Å². The van der Waals surface area contributed by atoms with Crippen molar-refractivity contribution in [3.63, 3.8) is 0 Å². The summed E-state index contributed by atoms with van der Waals surface area (Å²) in [6.45, 7) is 4.36. The summed E-state index contributed by atoms with van der Waals surface area (Å²) in [7, 11) is 0. The molecule has 33 heavy (non-hydrogen) atoms. The smallest absolute Gasteiger partial charge is 0.321 e. The van der Waals surface area contributed by atoms with E-state index in [9.17, 15) is 10.1 Å². The minimum Gasteiger partial charge on any atom is -0.424 e. The summed E-state index contributed by atoms with van der Waals surface area (Å²) >= 11 is 0. The van der Waals surface area contributed by atoms with Gasteiger partial charge >= 0.3 is 5.97 Å².